The van der Waals surface area contributed by atoms with Gasteiger partial charge in [0, 0.05) is 19.0 Å². The van der Waals surface area contributed by atoms with Gasteiger partial charge < -0.3 is 10.2 Å². The van der Waals surface area contributed by atoms with Gasteiger partial charge in [-0.25, -0.2) is 12.8 Å². The van der Waals surface area contributed by atoms with Crippen LogP contribution in [0.15, 0.2) is 78.9 Å². The lowest BCUT2D eigenvalue weighted by Crippen LogP contribution is -2.54. The maximum atomic E-state index is 14.3. The molecule has 47 heavy (non-hydrogen) atoms. The van der Waals surface area contributed by atoms with Crippen molar-refractivity contribution in [3.8, 4) is 0 Å². The molecule has 0 radical (unpaired) electrons. The first-order valence-electron chi connectivity index (χ1n) is 16.8. The zero-order valence-electron chi connectivity index (χ0n) is 27.6. The highest BCUT2D eigenvalue weighted by Gasteiger charge is 2.51. The molecule has 3 aromatic rings. The number of amides is 2. The number of hydrogen-bond acceptors (Lipinski definition) is 4. The van der Waals surface area contributed by atoms with Crippen molar-refractivity contribution in [3.05, 3.63) is 101 Å². The Labute approximate surface area is 278 Å². The summed E-state index contributed by atoms with van der Waals surface area (Å²) in [5.74, 6) is 1.08. The lowest BCUT2D eigenvalue weighted by atomic mass is 9.48. The Kier molecular flexibility index (Phi) is 9.47. The molecule has 7 nitrogen and oxygen atoms in total. The molecule has 1 N–H and O–H groups in total. The Bertz CT molecular complexity index is 1640. The van der Waals surface area contributed by atoms with Gasteiger partial charge in [0.1, 0.15) is 18.4 Å². The molecule has 7 rings (SSSR count). The number of nitrogens with zero attached hydrogens (tertiary/aromatic N) is 2. The molecule has 0 saturated heterocycles. The summed E-state index contributed by atoms with van der Waals surface area (Å²) in [5, 5.41) is 2.94. The third-order valence-electron chi connectivity index (χ3n) is 10.5. The van der Waals surface area contributed by atoms with Crippen molar-refractivity contribution in [3.63, 3.8) is 0 Å². The van der Waals surface area contributed by atoms with Crippen LogP contribution < -0.4 is 9.62 Å². The molecular weight excluding hydrogens is 614 g/mol. The van der Waals surface area contributed by atoms with E-state index >= 15 is 0 Å². The molecule has 1 atom stereocenters. The standard InChI is InChI=1S/C38H46FN3O4S/c1-26(2)40-37(44)35(20-27-7-5-4-6-8-27)41(24-28-9-13-33(39)14-10-28)36(43)25-42(47(3,45)46)34-15-11-32(12-16-34)38-21-29-17-30(22-38)19-31(18-29)23-38/h4-16,26,29-31,35H,17-25H2,1-3H3,(H,40,44). The van der Waals surface area contributed by atoms with Crippen molar-refractivity contribution in [1.29, 1.82) is 0 Å². The highest BCUT2D eigenvalue weighted by Crippen LogP contribution is 2.60. The van der Waals surface area contributed by atoms with E-state index in [4.69, 9.17) is 0 Å². The summed E-state index contributed by atoms with van der Waals surface area (Å²) in [6.07, 6.45) is 8.96. The van der Waals surface area contributed by atoms with E-state index in [0.717, 1.165) is 33.9 Å². The Balaban J connectivity index is 1.30. The summed E-state index contributed by atoms with van der Waals surface area (Å²) < 4.78 is 41.5. The summed E-state index contributed by atoms with van der Waals surface area (Å²) in [6.45, 7) is 3.23. The highest BCUT2D eigenvalue weighted by molar-refractivity contribution is 7.92. The first kappa shape index (κ1) is 33.2. The molecule has 4 bridgehead atoms. The van der Waals surface area contributed by atoms with E-state index < -0.39 is 34.3 Å². The molecule has 4 aliphatic rings. The molecule has 0 spiro atoms. The van der Waals surface area contributed by atoms with Gasteiger partial charge in [-0.3, -0.25) is 13.9 Å². The molecule has 250 valence electrons. The molecule has 4 fully saturated rings. The average molecular weight is 660 g/mol. The number of hydrogen-bond donors (Lipinski definition) is 1. The largest absolute Gasteiger partial charge is 0.352 e. The van der Waals surface area contributed by atoms with Crippen LogP contribution >= 0.6 is 0 Å². The average Bonchev–Trinajstić information content (AvgIpc) is 3.01. The van der Waals surface area contributed by atoms with Gasteiger partial charge in [0.25, 0.3) is 0 Å². The fourth-order valence-electron chi connectivity index (χ4n) is 8.78. The number of halogens is 1. The summed E-state index contributed by atoms with van der Waals surface area (Å²) >= 11 is 0. The van der Waals surface area contributed by atoms with Crippen LogP contribution in [0, 0.1) is 23.6 Å². The van der Waals surface area contributed by atoms with E-state index in [1.807, 2.05) is 56.3 Å². The van der Waals surface area contributed by atoms with E-state index in [1.54, 1.807) is 12.1 Å². The second kappa shape index (κ2) is 13.4. The Morgan fingerprint density at radius 3 is 1.96 bits per heavy atom. The van der Waals surface area contributed by atoms with E-state index in [2.05, 4.69) is 17.4 Å². The topological polar surface area (TPSA) is 86.8 Å². The highest BCUT2D eigenvalue weighted by atomic mass is 32.2. The summed E-state index contributed by atoms with van der Waals surface area (Å²) in [4.78, 5) is 29.5. The van der Waals surface area contributed by atoms with Gasteiger partial charge in [0.15, 0.2) is 0 Å². The van der Waals surface area contributed by atoms with E-state index in [1.165, 1.54) is 61.1 Å². The van der Waals surface area contributed by atoms with Gasteiger partial charge in [-0.2, -0.15) is 0 Å². The number of carbonyl (C=O) groups excluding carboxylic acids is 2. The monoisotopic (exact) mass is 659 g/mol. The molecule has 4 saturated carbocycles. The minimum atomic E-state index is -3.87. The maximum absolute atomic E-state index is 14.3. The Hall–Kier alpha value is -3.72. The minimum Gasteiger partial charge on any atom is -0.352 e. The second-order valence-corrected chi connectivity index (χ2v) is 16.4. The third-order valence-corrected chi connectivity index (χ3v) is 11.6. The van der Waals surface area contributed by atoms with Crippen LogP contribution in [0.2, 0.25) is 0 Å². The molecular formula is C38H46FN3O4S. The molecule has 1 unspecified atom stereocenters. The summed E-state index contributed by atoms with van der Waals surface area (Å²) in [7, 11) is -3.87. The molecule has 4 aliphatic carbocycles. The Morgan fingerprint density at radius 1 is 0.851 bits per heavy atom. The second-order valence-electron chi connectivity index (χ2n) is 14.5. The maximum Gasteiger partial charge on any atom is 0.244 e. The van der Waals surface area contributed by atoms with Crippen molar-refractivity contribution >= 4 is 27.5 Å². The number of rotatable bonds is 12. The fraction of sp³-hybridized carbons (Fsp3) is 0.474. The molecule has 2 amide bonds. The van der Waals surface area contributed by atoms with Crippen LogP contribution in [0.3, 0.4) is 0 Å². The first-order valence-corrected chi connectivity index (χ1v) is 18.7. The van der Waals surface area contributed by atoms with Crippen LogP contribution in [0.4, 0.5) is 10.1 Å². The first-order chi connectivity index (χ1) is 22.4. The van der Waals surface area contributed by atoms with Crippen LogP contribution in [0.5, 0.6) is 0 Å². The molecule has 0 aromatic heterocycles. The van der Waals surface area contributed by atoms with Gasteiger partial charge in [-0.05, 0) is 116 Å². The number of sulfonamides is 1. The van der Waals surface area contributed by atoms with Crippen molar-refractivity contribution in [1.82, 2.24) is 10.2 Å². The van der Waals surface area contributed by atoms with E-state index in [-0.39, 0.29) is 30.3 Å². The van der Waals surface area contributed by atoms with Gasteiger partial charge in [0.05, 0.1) is 11.9 Å². The van der Waals surface area contributed by atoms with Crippen LogP contribution in [-0.2, 0) is 38.0 Å². The quantitative estimate of drug-likeness (QED) is 0.250. The smallest absolute Gasteiger partial charge is 0.244 e. The van der Waals surface area contributed by atoms with Gasteiger partial charge in [-0.1, -0.05) is 54.6 Å². The number of carbonyl (C=O) groups is 2. The number of nitrogens with one attached hydrogen (secondary N) is 1. The van der Waals surface area contributed by atoms with Crippen molar-refractivity contribution in [2.24, 2.45) is 17.8 Å². The number of anilines is 1. The van der Waals surface area contributed by atoms with Gasteiger partial charge in [0.2, 0.25) is 21.8 Å². The molecule has 9 heteroatoms. The summed E-state index contributed by atoms with van der Waals surface area (Å²) in [6, 6.07) is 21.9. The van der Waals surface area contributed by atoms with Gasteiger partial charge in [-0.15, -0.1) is 0 Å². The normalized spacial score (nSPS) is 23.8. The lowest BCUT2D eigenvalue weighted by Gasteiger charge is -2.57. The predicted molar refractivity (Wildman–Crippen MR) is 183 cm³/mol. The van der Waals surface area contributed by atoms with Crippen molar-refractivity contribution < 1.29 is 22.4 Å². The predicted octanol–water partition coefficient (Wildman–Crippen LogP) is 6.22. The lowest BCUT2D eigenvalue weighted by molar-refractivity contribution is -0.140. The molecule has 0 heterocycles. The third kappa shape index (κ3) is 7.56. The van der Waals surface area contributed by atoms with E-state index in [9.17, 15) is 22.4 Å². The minimum absolute atomic E-state index is 0.00465. The summed E-state index contributed by atoms with van der Waals surface area (Å²) in [5.41, 5.74) is 3.34. The molecule has 0 aliphatic heterocycles. The Morgan fingerprint density at radius 2 is 1.43 bits per heavy atom. The molecule has 3 aromatic carbocycles. The zero-order chi connectivity index (χ0) is 33.3. The number of benzene rings is 3. The van der Waals surface area contributed by atoms with Crippen molar-refractivity contribution in [2.75, 3.05) is 17.1 Å². The fourth-order valence-corrected chi connectivity index (χ4v) is 9.63. The van der Waals surface area contributed by atoms with Crippen LogP contribution in [-0.4, -0.2) is 50.0 Å². The van der Waals surface area contributed by atoms with Crippen LogP contribution in [0.25, 0.3) is 0 Å². The van der Waals surface area contributed by atoms with Crippen LogP contribution in [0.1, 0.15) is 69.1 Å². The SMILES string of the molecule is CC(C)NC(=O)C(Cc1ccccc1)N(Cc1ccc(F)cc1)C(=O)CN(c1ccc(C23CC4CC(CC(C4)C2)C3)cc1)S(C)(=O)=O. The van der Waals surface area contributed by atoms with Crippen molar-refractivity contribution in [2.45, 2.75) is 82.8 Å². The zero-order valence-corrected chi connectivity index (χ0v) is 28.4. The van der Waals surface area contributed by atoms with E-state index in [0.29, 0.717) is 11.3 Å². The van der Waals surface area contributed by atoms with Gasteiger partial charge >= 0.3 is 0 Å².